The summed E-state index contributed by atoms with van der Waals surface area (Å²) in [6.07, 6.45) is 7.46. The molecule has 134 valence electrons. The van der Waals surface area contributed by atoms with Crippen LogP contribution in [-0.2, 0) is 0 Å². The van der Waals surface area contributed by atoms with Gasteiger partial charge in [-0.2, -0.15) is 0 Å². The van der Waals surface area contributed by atoms with Crippen LogP contribution in [0, 0.1) is 5.92 Å². The second-order valence-electron chi connectivity index (χ2n) is 7.56. The first-order valence-corrected chi connectivity index (χ1v) is 9.57. The molecule has 2 aliphatic heterocycles. The Morgan fingerprint density at radius 1 is 1.28 bits per heavy atom. The van der Waals surface area contributed by atoms with Crippen LogP contribution in [0.3, 0.4) is 0 Å². The van der Waals surface area contributed by atoms with Gasteiger partial charge in [0.05, 0.1) is 18.7 Å². The zero-order chi connectivity index (χ0) is 17.4. The highest BCUT2D eigenvalue weighted by atomic mass is 16.5. The molecule has 4 nitrogen and oxygen atoms in total. The molecule has 0 radical (unpaired) electrons. The molecule has 4 heteroatoms. The van der Waals surface area contributed by atoms with Crippen molar-refractivity contribution in [3.05, 3.63) is 36.0 Å². The number of hydrogen-bond donors (Lipinski definition) is 1. The van der Waals surface area contributed by atoms with E-state index in [1.54, 1.807) is 7.11 Å². The average molecular weight is 340 g/mol. The summed E-state index contributed by atoms with van der Waals surface area (Å²) in [4.78, 5) is 7.00. The minimum Gasteiger partial charge on any atom is -0.497 e. The van der Waals surface area contributed by atoms with Gasteiger partial charge >= 0.3 is 0 Å². The Bertz CT molecular complexity index is 748. The van der Waals surface area contributed by atoms with Crippen LogP contribution in [0.5, 0.6) is 5.75 Å². The Kier molecular flexibility index (Phi) is 4.65. The molecule has 4 atom stereocenters. The molecule has 4 rings (SSSR count). The Morgan fingerprint density at radius 2 is 2.16 bits per heavy atom. The number of hydrogen-bond acceptors (Lipinski definition) is 4. The van der Waals surface area contributed by atoms with Gasteiger partial charge in [0.2, 0.25) is 0 Å². The Morgan fingerprint density at radius 3 is 2.88 bits per heavy atom. The maximum absolute atomic E-state index is 11.3. The Balaban J connectivity index is 1.68. The fourth-order valence-corrected chi connectivity index (χ4v) is 4.67. The van der Waals surface area contributed by atoms with Gasteiger partial charge in [-0.3, -0.25) is 9.88 Å². The number of rotatable bonds is 4. The normalized spacial score (nSPS) is 28.0. The van der Waals surface area contributed by atoms with Gasteiger partial charge in [-0.1, -0.05) is 13.3 Å². The van der Waals surface area contributed by atoms with Crippen molar-refractivity contribution in [2.24, 2.45) is 5.92 Å². The summed E-state index contributed by atoms with van der Waals surface area (Å²) in [5.41, 5.74) is 1.90. The van der Waals surface area contributed by atoms with Crippen molar-refractivity contribution in [1.82, 2.24) is 9.88 Å². The van der Waals surface area contributed by atoms with Gasteiger partial charge in [0.15, 0.2) is 0 Å². The van der Waals surface area contributed by atoms with Gasteiger partial charge in [-0.05, 0) is 61.4 Å². The third-order valence-corrected chi connectivity index (χ3v) is 6.33. The quantitative estimate of drug-likeness (QED) is 0.916. The van der Waals surface area contributed by atoms with E-state index in [9.17, 15) is 5.11 Å². The second kappa shape index (κ2) is 6.93. The first-order chi connectivity index (χ1) is 12.2. The summed E-state index contributed by atoms with van der Waals surface area (Å²) in [6.45, 7) is 3.42. The average Bonchev–Trinajstić information content (AvgIpc) is 2.76. The molecule has 0 amide bonds. The van der Waals surface area contributed by atoms with Gasteiger partial charge in [0, 0.05) is 30.2 Å². The van der Waals surface area contributed by atoms with Crippen LogP contribution in [0.25, 0.3) is 10.9 Å². The fraction of sp³-hybridized carbons (Fsp3) is 0.571. The molecule has 0 bridgehead atoms. The van der Waals surface area contributed by atoms with Gasteiger partial charge in [-0.15, -0.1) is 0 Å². The Labute approximate surface area is 149 Å². The van der Waals surface area contributed by atoms with Crippen LogP contribution in [0.1, 0.15) is 50.7 Å². The predicted molar refractivity (Wildman–Crippen MR) is 99.8 cm³/mol. The lowest BCUT2D eigenvalue weighted by Crippen LogP contribution is -2.54. The van der Waals surface area contributed by atoms with E-state index in [1.807, 2.05) is 30.5 Å². The Hall–Kier alpha value is -1.65. The van der Waals surface area contributed by atoms with Crippen molar-refractivity contribution in [2.75, 3.05) is 13.7 Å². The first kappa shape index (κ1) is 16.8. The van der Waals surface area contributed by atoms with Gasteiger partial charge < -0.3 is 9.84 Å². The van der Waals surface area contributed by atoms with Crippen LogP contribution < -0.4 is 4.74 Å². The smallest absolute Gasteiger partial charge is 0.119 e. The number of methoxy groups -OCH3 is 1. The maximum atomic E-state index is 11.3. The van der Waals surface area contributed by atoms with Crippen LogP contribution >= 0.6 is 0 Å². The van der Waals surface area contributed by atoms with E-state index >= 15 is 0 Å². The molecule has 1 aromatic carbocycles. The summed E-state index contributed by atoms with van der Waals surface area (Å²) in [7, 11) is 1.68. The molecule has 1 N–H and O–H groups in total. The largest absolute Gasteiger partial charge is 0.497 e. The van der Waals surface area contributed by atoms with E-state index in [1.165, 1.54) is 25.7 Å². The van der Waals surface area contributed by atoms with Crippen LogP contribution in [0.15, 0.2) is 30.5 Å². The summed E-state index contributed by atoms with van der Waals surface area (Å²) in [6, 6.07) is 8.75. The van der Waals surface area contributed by atoms with Gasteiger partial charge in [-0.25, -0.2) is 0 Å². The van der Waals surface area contributed by atoms with Crippen molar-refractivity contribution < 1.29 is 9.84 Å². The number of benzene rings is 1. The molecule has 25 heavy (non-hydrogen) atoms. The fourth-order valence-electron chi connectivity index (χ4n) is 4.67. The molecule has 2 saturated heterocycles. The second-order valence-corrected chi connectivity index (χ2v) is 7.56. The van der Waals surface area contributed by atoms with Crippen molar-refractivity contribution in [3.8, 4) is 5.75 Å². The van der Waals surface area contributed by atoms with E-state index < -0.39 is 6.10 Å². The summed E-state index contributed by atoms with van der Waals surface area (Å²) >= 11 is 0. The summed E-state index contributed by atoms with van der Waals surface area (Å²) in [5.74, 6) is 1.61. The molecule has 2 aromatic rings. The van der Waals surface area contributed by atoms with E-state index in [2.05, 4.69) is 16.8 Å². The molecular weight excluding hydrogens is 312 g/mol. The lowest BCUT2D eigenvalue weighted by molar-refractivity contribution is -0.0249. The topological polar surface area (TPSA) is 45.6 Å². The lowest BCUT2D eigenvalue weighted by Gasteiger charge is -2.46. The van der Waals surface area contributed by atoms with Crippen LogP contribution in [-0.4, -0.2) is 40.7 Å². The van der Waals surface area contributed by atoms with Crippen molar-refractivity contribution in [3.63, 3.8) is 0 Å². The van der Waals surface area contributed by atoms with Crippen LogP contribution in [0.4, 0.5) is 0 Å². The molecule has 2 aliphatic rings. The lowest BCUT2D eigenvalue weighted by atomic mass is 9.90. The molecule has 1 unspecified atom stereocenters. The van der Waals surface area contributed by atoms with Crippen molar-refractivity contribution >= 4 is 10.9 Å². The molecule has 0 spiro atoms. The number of nitrogens with zero attached hydrogens (tertiary/aromatic N) is 2. The zero-order valence-corrected chi connectivity index (χ0v) is 15.2. The van der Waals surface area contributed by atoms with E-state index in [0.717, 1.165) is 41.1 Å². The molecule has 1 aromatic heterocycles. The monoisotopic (exact) mass is 340 g/mol. The first-order valence-electron chi connectivity index (χ1n) is 9.57. The van der Waals surface area contributed by atoms with E-state index in [-0.39, 0.29) is 6.04 Å². The van der Waals surface area contributed by atoms with Crippen molar-refractivity contribution in [2.45, 2.75) is 57.2 Å². The maximum Gasteiger partial charge on any atom is 0.119 e. The number of ether oxygens (including phenoxy) is 1. The molecule has 0 saturated carbocycles. The highest BCUT2D eigenvalue weighted by Gasteiger charge is 2.41. The SMILES string of the molecule is CC[C@H]1CC[C@H]([C@@H](O)c2ccnc3ccc(OC)cc23)N2CCC2C1. The molecule has 0 aliphatic carbocycles. The standard InChI is InChI=1S/C21H28N2O2/c1-3-14-4-7-20(23-11-9-15(23)12-14)21(24)17-8-10-22-19-6-5-16(25-2)13-18(17)19/h5-6,8,10,13-15,20-21,24H,3-4,7,9,11-12H2,1-2H3/t14-,15?,20+,21-/m0/s1. The van der Waals surface area contributed by atoms with Crippen LogP contribution in [0.2, 0.25) is 0 Å². The summed E-state index contributed by atoms with van der Waals surface area (Å²) in [5, 5.41) is 12.3. The number of aliphatic hydroxyl groups excluding tert-OH is 1. The third kappa shape index (κ3) is 3.02. The minimum atomic E-state index is -0.476. The molecule has 2 fully saturated rings. The number of aliphatic hydroxyl groups is 1. The highest BCUT2D eigenvalue weighted by Crippen LogP contribution is 2.40. The van der Waals surface area contributed by atoms with Gasteiger partial charge in [0.1, 0.15) is 5.75 Å². The zero-order valence-electron chi connectivity index (χ0n) is 15.2. The molecule has 3 heterocycles. The van der Waals surface area contributed by atoms with Gasteiger partial charge in [0.25, 0.3) is 0 Å². The van der Waals surface area contributed by atoms with E-state index in [0.29, 0.717) is 6.04 Å². The minimum absolute atomic E-state index is 0.215. The van der Waals surface area contributed by atoms with Crippen molar-refractivity contribution in [1.29, 1.82) is 0 Å². The molecular formula is C21H28N2O2. The van der Waals surface area contributed by atoms with E-state index in [4.69, 9.17) is 4.74 Å². The number of aromatic nitrogens is 1. The predicted octanol–water partition coefficient (Wildman–Crippen LogP) is 3.93. The number of fused-ring (bicyclic) bond motifs is 2. The summed E-state index contributed by atoms with van der Waals surface area (Å²) < 4.78 is 5.38. The third-order valence-electron chi connectivity index (χ3n) is 6.33. The number of pyridine rings is 1. The highest BCUT2D eigenvalue weighted by molar-refractivity contribution is 5.83.